The maximum absolute atomic E-state index is 5.20. The van der Waals surface area contributed by atoms with Crippen LogP contribution in [0, 0.1) is 0 Å². The van der Waals surface area contributed by atoms with Gasteiger partial charge in [0.05, 0.1) is 19.0 Å². The van der Waals surface area contributed by atoms with E-state index in [1.165, 1.54) is 0 Å². The molecule has 0 aliphatic heterocycles. The fraction of sp³-hybridized carbons (Fsp3) is 0.400. The molecule has 2 aromatic rings. The molecule has 2 aromatic heterocycles. The van der Waals surface area contributed by atoms with Gasteiger partial charge in [0.15, 0.2) is 0 Å². The van der Waals surface area contributed by atoms with E-state index in [4.69, 9.17) is 4.42 Å². The highest BCUT2D eigenvalue weighted by Gasteiger charge is 1.95. The largest absolute Gasteiger partial charge is 0.468 e. The highest BCUT2D eigenvalue weighted by atomic mass is 16.3. The molecular weight excluding hydrogens is 192 g/mol. The first-order valence-electron chi connectivity index (χ1n) is 5.02. The van der Waals surface area contributed by atoms with Gasteiger partial charge in [0.1, 0.15) is 5.76 Å². The van der Waals surface area contributed by atoms with Crippen LogP contribution in [0.15, 0.2) is 35.2 Å². The minimum atomic E-state index is 0.782. The van der Waals surface area contributed by atoms with E-state index in [-0.39, 0.29) is 0 Å². The van der Waals surface area contributed by atoms with Crippen molar-refractivity contribution in [2.75, 3.05) is 6.54 Å². The monoisotopic (exact) mass is 206 g/mol. The number of aromatic nitrogens is 3. The zero-order valence-corrected chi connectivity index (χ0v) is 8.47. The van der Waals surface area contributed by atoms with Gasteiger partial charge in [0, 0.05) is 12.7 Å². The molecule has 15 heavy (non-hydrogen) atoms. The second-order valence-corrected chi connectivity index (χ2v) is 3.28. The number of hydrogen-bond donors (Lipinski definition) is 1. The Labute approximate surface area is 88.1 Å². The molecule has 5 heteroatoms. The molecular formula is C10H14N4O. The van der Waals surface area contributed by atoms with Crippen molar-refractivity contribution in [1.29, 1.82) is 0 Å². The maximum Gasteiger partial charge on any atom is 0.117 e. The summed E-state index contributed by atoms with van der Waals surface area (Å²) in [6.45, 7) is 2.62. The van der Waals surface area contributed by atoms with Gasteiger partial charge in [-0.3, -0.25) is 4.68 Å². The topological polar surface area (TPSA) is 55.9 Å². The quantitative estimate of drug-likeness (QED) is 0.718. The second kappa shape index (κ2) is 5.31. The molecule has 1 N–H and O–H groups in total. The van der Waals surface area contributed by atoms with Gasteiger partial charge in [-0.15, -0.1) is 5.10 Å². The Morgan fingerprint density at radius 3 is 3.20 bits per heavy atom. The smallest absolute Gasteiger partial charge is 0.117 e. The van der Waals surface area contributed by atoms with E-state index >= 15 is 0 Å². The minimum Gasteiger partial charge on any atom is -0.468 e. The third-order valence-electron chi connectivity index (χ3n) is 2.09. The Bertz CT molecular complexity index is 318. The average molecular weight is 206 g/mol. The van der Waals surface area contributed by atoms with E-state index in [0.29, 0.717) is 0 Å². The first-order valence-corrected chi connectivity index (χ1v) is 5.02. The Morgan fingerprint density at radius 1 is 1.47 bits per heavy atom. The van der Waals surface area contributed by atoms with Gasteiger partial charge in [-0.1, -0.05) is 5.21 Å². The second-order valence-electron chi connectivity index (χ2n) is 3.28. The molecule has 0 spiro atoms. The van der Waals surface area contributed by atoms with Crippen LogP contribution in [0.3, 0.4) is 0 Å². The van der Waals surface area contributed by atoms with Gasteiger partial charge in [0.2, 0.25) is 0 Å². The minimum absolute atomic E-state index is 0.782. The molecule has 0 bridgehead atoms. The third kappa shape index (κ3) is 3.21. The molecule has 0 fully saturated rings. The summed E-state index contributed by atoms with van der Waals surface area (Å²) in [4.78, 5) is 0. The number of nitrogens with zero attached hydrogens (tertiary/aromatic N) is 3. The summed E-state index contributed by atoms with van der Waals surface area (Å²) in [5.74, 6) is 0.968. The molecule has 2 rings (SSSR count). The van der Waals surface area contributed by atoms with Crippen molar-refractivity contribution >= 4 is 0 Å². The normalized spacial score (nSPS) is 10.7. The summed E-state index contributed by atoms with van der Waals surface area (Å²) in [5.41, 5.74) is 0. The van der Waals surface area contributed by atoms with Crippen LogP contribution in [-0.2, 0) is 13.1 Å². The number of nitrogens with one attached hydrogen (secondary N) is 1. The highest BCUT2D eigenvalue weighted by molar-refractivity contribution is 4.97. The molecule has 0 amide bonds. The number of hydrogen-bond acceptors (Lipinski definition) is 4. The summed E-state index contributed by atoms with van der Waals surface area (Å²) < 4.78 is 7.02. The molecule has 0 aliphatic carbocycles. The van der Waals surface area contributed by atoms with Crippen LogP contribution in [-0.4, -0.2) is 21.5 Å². The zero-order chi connectivity index (χ0) is 10.3. The van der Waals surface area contributed by atoms with Crippen molar-refractivity contribution in [3.8, 4) is 0 Å². The Hall–Kier alpha value is -1.62. The van der Waals surface area contributed by atoms with Crippen LogP contribution in [0.5, 0.6) is 0 Å². The van der Waals surface area contributed by atoms with Crippen LogP contribution in [0.4, 0.5) is 0 Å². The van der Waals surface area contributed by atoms with E-state index < -0.39 is 0 Å². The van der Waals surface area contributed by atoms with Crippen molar-refractivity contribution in [2.45, 2.75) is 19.5 Å². The Morgan fingerprint density at radius 2 is 2.47 bits per heavy atom. The summed E-state index contributed by atoms with van der Waals surface area (Å²) >= 11 is 0. The van der Waals surface area contributed by atoms with Crippen molar-refractivity contribution in [3.05, 3.63) is 36.5 Å². The summed E-state index contributed by atoms with van der Waals surface area (Å²) in [5, 5.41) is 10.9. The average Bonchev–Trinajstić information content (AvgIpc) is 2.88. The molecule has 80 valence electrons. The lowest BCUT2D eigenvalue weighted by Gasteiger charge is -2.02. The SMILES string of the molecule is c1coc(CNCCCn2ccnn2)c1. The molecule has 0 saturated heterocycles. The van der Waals surface area contributed by atoms with E-state index in [1.54, 1.807) is 12.5 Å². The zero-order valence-electron chi connectivity index (χ0n) is 8.47. The van der Waals surface area contributed by atoms with Crippen LogP contribution < -0.4 is 5.32 Å². The maximum atomic E-state index is 5.20. The Kier molecular flexibility index (Phi) is 3.51. The lowest BCUT2D eigenvalue weighted by Crippen LogP contribution is -2.16. The fourth-order valence-electron chi connectivity index (χ4n) is 1.34. The van der Waals surface area contributed by atoms with Crippen molar-refractivity contribution in [2.24, 2.45) is 0 Å². The van der Waals surface area contributed by atoms with Gasteiger partial charge >= 0.3 is 0 Å². The predicted molar refractivity (Wildman–Crippen MR) is 55.1 cm³/mol. The third-order valence-corrected chi connectivity index (χ3v) is 2.09. The van der Waals surface area contributed by atoms with Gasteiger partial charge in [-0.25, -0.2) is 0 Å². The molecule has 0 radical (unpaired) electrons. The first kappa shape index (κ1) is 9.92. The molecule has 0 unspecified atom stereocenters. The van der Waals surface area contributed by atoms with Crippen molar-refractivity contribution < 1.29 is 4.42 Å². The molecule has 0 atom stereocenters. The fourth-order valence-corrected chi connectivity index (χ4v) is 1.34. The predicted octanol–water partition coefficient (Wildman–Crippen LogP) is 1.05. The van der Waals surface area contributed by atoms with Gasteiger partial charge < -0.3 is 9.73 Å². The van der Waals surface area contributed by atoms with E-state index in [2.05, 4.69) is 15.6 Å². The van der Waals surface area contributed by atoms with Crippen LogP contribution >= 0.6 is 0 Å². The van der Waals surface area contributed by atoms with E-state index in [1.807, 2.05) is 23.0 Å². The van der Waals surface area contributed by atoms with Gasteiger partial charge in [-0.05, 0) is 25.1 Å². The summed E-state index contributed by atoms with van der Waals surface area (Å²) in [6, 6.07) is 3.86. The number of furan rings is 1. The molecule has 5 nitrogen and oxygen atoms in total. The summed E-state index contributed by atoms with van der Waals surface area (Å²) in [7, 11) is 0. The van der Waals surface area contributed by atoms with E-state index in [0.717, 1.165) is 31.8 Å². The number of aryl methyl sites for hydroxylation is 1. The highest BCUT2D eigenvalue weighted by Crippen LogP contribution is 1.98. The molecule has 0 saturated carbocycles. The van der Waals surface area contributed by atoms with Crippen LogP contribution in [0.1, 0.15) is 12.2 Å². The van der Waals surface area contributed by atoms with Crippen LogP contribution in [0.25, 0.3) is 0 Å². The van der Waals surface area contributed by atoms with Crippen molar-refractivity contribution in [3.63, 3.8) is 0 Å². The Balaban J connectivity index is 1.56. The standard InChI is InChI=1S/C10H14N4O/c1-3-10(15-8-1)9-11-4-2-6-14-7-5-12-13-14/h1,3,5,7-8,11H,2,4,6,9H2. The van der Waals surface area contributed by atoms with Crippen molar-refractivity contribution in [1.82, 2.24) is 20.3 Å². The van der Waals surface area contributed by atoms with Crippen LogP contribution in [0.2, 0.25) is 0 Å². The van der Waals surface area contributed by atoms with Gasteiger partial charge in [-0.2, -0.15) is 0 Å². The van der Waals surface area contributed by atoms with E-state index in [9.17, 15) is 0 Å². The lowest BCUT2D eigenvalue weighted by molar-refractivity contribution is 0.469. The summed E-state index contributed by atoms with van der Waals surface area (Å²) in [6.07, 6.45) is 6.28. The molecule has 2 heterocycles. The lowest BCUT2D eigenvalue weighted by atomic mass is 10.4. The first-order chi connectivity index (χ1) is 7.45. The number of rotatable bonds is 6. The molecule has 0 aliphatic rings. The molecule has 0 aromatic carbocycles. The van der Waals surface area contributed by atoms with Gasteiger partial charge in [0.25, 0.3) is 0 Å².